The molecule has 0 aliphatic carbocycles. The van der Waals surface area contributed by atoms with Gasteiger partial charge in [0.1, 0.15) is 0 Å². The molecule has 0 bridgehead atoms. The fourth-order valence-electron chi connectivity index (χ4n) is 0.994. The van der Waals surface area contributed by atoms with Crippen LogP contribution in [0, 0.1) is 10.5 Å². The third kappa shape index (κ3) is 2.20. The lowest BCUT2D eigenvalue weighted by Gasteiger charge is -2.19. The molecule has 0 aromatic heterocycles. The summed E-state index contributed by atoms with van der Waals surface area (Å²) in [6, 6.07) is 6.36. The Morgan fingerprint density at radius 3 is 2.33 bits per heavy atom. The molecule has 0 saturated heterocycles. The Labute approximate surface area is 87.5 Å². The van der Waals surface area contributed by atoms with Crippen LogP contribution in [0.25, 0.3) is 0 Å². The quantitative estimate of drug-likeness (QED) is 0.784. The van der Waals surface area contributed by atoms with Crippen LogP contribution in [0.4, 0.5) is 0 Å². The van der Waals surface area contributed by atoms with E-state index in [9.17, 15) is 0 Å². The summed E-state index contributed by atoms with van der Waals surface area (Å²) < 4.78 is 1.28. The van der Waals surface area contributed by atoms with Crippen LogP contribution in [0.5, 0.6) is 0 Å². The molecule has 0 aliphatic heterocycles. The topological polar surface area (TPSA) is 26.0 Å². The van der Waals surface area contributed by atoms with E-state index in [1.807, 2.05) is 13.8 Å². The van der Waals surface area contributed by atoms with Gasteiger partial charge in [0.15, 0.2) is 0 Å². The normalized spacial score (nSPS) is 11.8. The Morgan fingerprint density at radius 2 is 1.92 bits per heavy atom. The van der Waals surface area contributed by atoms with E-state index in [-0.39, 0.29) is 5.54 Å². The third-order valence-electron chi connectivity index (χ3n) is 1.92. The minimum Gasteiger partial charge on any atom is -0.322 e. The van der Waals surface area contributed by atoms with E-state index < -0.39 is 0 Å². The maximum Gasteiger partial charge on any atom is 0.0352 e. The number of nitrogens with two attached hydrogens (primary N) is 1. The first-order valence-electron chi connectivity index (χ1n) is 3.97. The van der Waals surface area contributed by atoms with E-state index in [1.165, 1.54) is 14.7 Å². The molecule has 0 amide bonds. The summed E-state index contributed by atoms with van der Waals surface area (Å²) in [6.07, 6.45) is 0. The largest absolute Gasteiger partial charge is 0.322 e. The van der Waals surface area contributed by atoms with Crippen LogP contribution < -0.4 is 5.73 Å². The Kier molecular flexibility index (Phi) is 2.78. The van der Waals surface area contributed by atoms with Gasteiger partial charge in [0.05, 0.1) is 0 Å². The summed E-state index contributed by atoms with van der Waals surface area (Å²) in [5, 5.41) is 0. The summed E-state index contributed by atoms with van der Waals surface area (Å²) in [7, 11) is 0. The van der Waals surface area contributed by atoms with E-state index in [1.54, 1.807) is 0 Å². The molecule has 0 heterocycles. The summed E-state index contributed by atoms with van der Waals surface area (Å²) in [6.45, 7) is 6.15. The molecule has 1 nitrogen and oxygen atoms in total. The van der Waals surface area contributed by atoms with E-state index in [0.717, 1.165) is 0 Å². The maximum atomic E-state index is 5.97. The molecule has 12 heavy (non-hydrogen) atoms. The lowest BCUT2D eigenvalue weighted by Crippen LogP contribution is -2.28. The first-order chi connectivity index (χ1) is 5.41. The van der Waals surface area contributed by atoms with Crippen molar-refractivity contribution in [2.75, 3.05) is 0 Å². The highest BCUT2D eigenvalue weighted by atomic mass is 127. The Bertz CT molecular complexity index is 286. The highest BCUT2D eigenvalue weighted by molar-refractivity contribution is 14.1. The molecule has 0 spiro atoms. The zero-order valence-electron chi connectivity index (χ0n) is 7.69. The van der Waals surface area contributed by atoms with Crippen LogP contribution in [0.15, 0.2) is 18.2 Å². The van der Waals surface area contributed by atoms with Gasteiger partial charge in [0.2, 0.25) is 0 Å². The molecule has 0 radical (unpaired) electrons. The van der Waals surface area contributed by atoms with Gasteiger partial charge in [-0.1, -0.05) is 12.1 Å². The van der Waals surface area contributed by atoms with E-state index in [4.69, 9.17) is 5.73 Å². The molecule has 0 atom stereocenters. The van der Waals surface area contributed by atoms with Crippen LogP contribution in [0.3, 0.4) is 0 Å². The second-order valence-corrected chi connectivity index (χ2v) is 4.85. The Hall–Kier alpha value is -0.0900. The number of rotatable bonds is 1. The van der Waals surface area contributed by atoms with Crippen molar-refractivity contribution < 1.29 is 0 Å². The van der Waals surface area contributed by atoms with Crippen molar-refractivity contribution >= 4 is 22.6 Å². The number of aryl methyl sites for hydroxylation is 1. The molecule has 0 saturated carbocycles. The van der Waals surface area contributed by atoms with Gasteiger partial charge in [-0.2, -0.15) is 0 Å². The first kappa shape index (κ1) is 9.99. The second-order valence-electron chi connectivity index (χ2n) is 3.69. The van der Waals surface area contributed by atoms with Gasteiger partial charge in [-0.15, -0.1) is 0 Å². The minimum atomic E-state index is -0.229. The molecule has 0 unspecified atom stereocenters. The van der Waals surface area contributed by atoms with Gasteiger partial charge in [-0.05, 0) is 60.6 Å². The standard InChI is InChI=1S/C10H14IN/c1-7-4-5-8(6-9(7)11)10(2,3)12/h4-6H,12H2,1-3H3. The van der Waals surface area contributed by atoms with Crippen LogP contribution >= 0.6 is 22.6 Å². The molecule has 1 aromatic rings. The van der Waals surface area contributed by atoms with E-state index >= 15 is 0 Å². The molecule has 2 N–H and O–H groups in total. The van der Waals surface area contributed by atoms with Crippen molar-refractivity contribution in [2.45, 2.75) is 26.3 Å². The van der Waals surface area contributed by atoms with Crippen LogP contribution in [0.2, 0.25) is 0 Å². The SMILES string of the molecule is Cc1ccc(C(C)(C)N)cc1I. The number of benzene rings is 1. The van der Waals surface area contributed by atoms with Crippen LogP contribution in [-0.2, 0) is 5.54 Å². The average molecular weight is 275 g/mol. The smallest absolute Gasteiger partial charge is 0.0352 e. The number of halogens is 1. The predicted octanol–water partition coefficient (Wildman–Crippen LogP) is 2.79. The van der Waals surface area contributed by atoms with Crippen LogP contribution in [-0.4, -0.2) is 0 Å². The highest BCUT2D eigenvalue weighted by Gasteiger charge is 2.13. The van der Waals surface area contributed by atoms with Crippen molar-refractivity contribution in [1.82, 2.24) is 0 Å². The zero-order chi connectivity index (χ0) is 9.35. The molecular formula is C10H14IN. The molecule has 1 rings (SSSR count). The average Bonchev–Trinajstić information content (AvgIpc) is 1.92. The summed E-state index contributed by atoms with van der Waals surface area (Å²) >= 11 is 2.33. The van der Waals surface area contributed by atoms with E-state index in [0.29, 0.717) is 0 Å². The fraction of sp³-hybridized carbons (Fsp3) is 0.400. The zero-order valence-corrected chi connectivity index (χ0v) is 9.84. The van der Waals surface area contributed by atoms with Crippen molar-refractivity contribution in [1.29, 1.82) is 0 Å². The molecule has 66 valence electrons. The molecular weight excluding hydrogens is 261 g/mol. The minimum absolute atomic E-state index is 0.229. The third-order valence-corrected chi connectivity index (χ3v) is 3.08. The van der Waals surface area contributed by atoms with Crippen molar-refractivity contribution in [3.8, 4) is 0 Å². The van der Waals surface area contributed by atoms with Gasteiger partial charge in [-0.25, -0.2) is 0 Å². The van der Waals surface area contributed by atoms with Crippen molar-refractivity contribution in [2.24, 2.45) is 5.73 Å². The fourth-order valence-corrected chi connectivity index (χ4v) is 1.51. The van der Waals surface area contributed by atoms with Crippen molar-refractivity contribution in [3.05, 3.63) is 32.9 Å². The summed E-state index contributed by atoms with van der Waals surface area (Å²) in [5.74, 6) is 0. The lowest BCUT2D eigenvalue weighted by atomic mass is 9.95. The molecule has 0 aliphatic rings. The Morgan fingerprint density at radius 1 is 1.33 bits per heavy atom. The van der Waals surface area contributed by atoms with Gasteiger partial charge in [0, 0.05) is 9.11 Å². The predicted molar refractivity (Wildman–Crippen MR) is 61.1 cm³/mol. The Balaban J connectivity index is 3.14. The summed E-state index contributed by atoms with van der Waals surface area (Å²) in [5.41, 5.74) is 8.24. The molecule has 2 heteroatoms. The number of hydrogen-bond donors (Lipinski definition) is 1. The first-order valence-corrected chi connectivity index (χ1v) is 5.04. The molecule has 1 aromatic carbocycles. The lowest BCUT2D eigenvalue weighted by molar-refractivity contribution is 0.554. The van der Waals surface area contributed by atoms with Crippen molar-refractivity contribution in [3.63, 3.8) is 0 Å². The maximum absolute atomic E-state index is 5.97. The highest BCUT2D eigenvalue weighted by Crippen LogP contribution is 2.21. The second kappa shape index (κ2) is 3.34. The molecule has 0 fully saturated rings. The monoisotopic (exact) mass is 275 g/mol. The van der Waals surface area contributed by atoms with Gasteiger partial charge in [-0.3, -0.25) is 0 Å². The number of hydrogen-bond acceptors (Lipinski definition) is 1. The van der Waals surface area contributed by atoms with Crippen LogP contribution in [0.1, 0.15) is 25.0 Å². The van der Waals surface area contributed by atoms with Gasteiger partial charge in [0.25, 0.3) is 0 Å². The summed E-state index contributed by atoms with van der Waals surface area (Å²) in [4.78, 5) is 0. The van der Waals surface area contributed by atoms with Gasteiger partial charge >= 0.3 is 0 Å². The van der Waals surface area contributed by atoms with Gasteiger partial charge < -0.3 is 5.73 Å². The van der Waals surface area contributed by atoms with E-state index in [2.05, 4.69) is 47.7 Å².